The molecule has 2 aromatic rings. The van der Waals surface area contributed by atoms with Crippen molar-refractivity contribution < 1.29 is 4.39 Å². The monoisotopic (exact) mass is 271 g/mol. The van der Waals surface area contributed by atoms with E-state index in [1.54, 1.807) is 24.3 Å². The Labute approximate surface area is 110 Å². The summed E-state index contributed by atoms with van der Waals surface area (Å²) in [5.41, 5.74) is 0.513. The topological polar surface area (TPSA) is 12.0 Å². The molecule has 17 heavy (non-hydrogen) atoms. The van der Waals surface area contributed by atoms with E-state index in [0.717, 1.165) is 10.1 Å². The van der Waals surface area contributed by atoms with Crippen LogP contribution in [0.25, 0.3) is 10.1 Å². The van der Waals surface area contributed by atoms with Gasteiger partial charge in [0.2, 0.25) is 5.13 Å². The molecule has 1 heterocycles. The Bertz CT molecular complexity index is 509. The van der Waals surface area contributed by atoms with Crippen LogP contribution in [0.4, 0.5) is 4.39 Å². The number of rotatable bonds is 4. The minimum Gasteiger partial charge on any atom is -0.310 e. The quantitative estimate of drug-likeness (QED) is 0.820. The van der Waals surface area contributed by atoms with Gasteiger partial charge in [0.05, 0.1) is 6.04 Å². The second-order valence-electron chi connectivity index (χ2n) is 4.08. The molecule has 2 atom stereocenters. The van der Waals surface area contributed by atoms with Gasteiger partial charge in [-0.1, -0.05) is 24.6 Å². The summed E-state index contributed by atoms with van der Waals surface area (Å²) in [5, 5.41) is 4.19. The Balaban J connectivity index is 2.36. The fourth-order valence-electron chi connectivity index (χ4n) is 1.86. The summed E-state index contributed by atoms with van der Waals surface area (Å²) in [5.74, 6) is 0. The van der Waals surface area contributed by atoms with Crippen molar-refractivity contribution in [2.24, 2.45) is 0 Å². The number of halogens is 2. The van der Waals surface area contributed by atoms with E-state index < -0.39 is 11.2 Å². The lowest BCUT2D eigenvalue weighted by Gasteiger charge is -2.26. The second-order valence-corrected chi connectivity index (χ2v) is 5.57. The van der Waals surface area contributed by atoms with Crippen LogP contribution in [0.15, 0.2) is 29.6 Å². The van der Waals surface area contributed by atoms with Crippen molar-refractivity contribution in [2.75, 3.05) is 6.54 Å². The van der Waals surface area contributed by atoms with Gasteiger partial charge >= 0.3 is 0 Å². The van der Waals surface area contributed by atoms with Crippen LogP contribution < -0.4 is 5.32 Å². The number of hydrogen-bond acceptors (Lipinski definition) is 2. The Kier molecular flexibility index (Phi) is 3.71. The molecule has 0 aliphatic heterocycles. The number of thiophene rings is 1. The molecule has 0 saturated carbocycles. The van der Waals surface area contributed by atoms with Gasteiger partial charge in [0.15, 0.2) is 0 Å². The Morgan fingerprint density at radius 2 is 2.24 bits per heavy atom. The highest BCUT2D eigenvalue weighted by Gasteiger charge is 2.35. The number of benzene rings is 1. The smallest absolute Gasteiger partial charge is 0.223 e. The fourth-order valence-corrected chi connectivity index (χ4v) is 2.82. The lowest BCUT2D eigenvalue weighted by Crippen LogP contribution is -2.39. The average Bonchev–Trinajstić information content (AvgIpc) is 2.76. The van der Waals surface area contributed by atoms with E-state index in [4.69, 9.17) is 11.6 Å². The van der Waals surface area contributed by atoms with Crippen LogP contribution in [0.3, 0.4) is 0 Å². The van der Waals surface area contributed by atoms with Crippen molar-refractivity contribution in [3.8, 4) is 0 Å². The van der Waals surface area contributed by atoms with Crippen LogP contribution in [-0.4, -0.2) is 12.6 Å². The van der Waals surface area contributed by atoms with E-state index in [9.17, 15) is 4.39 Å². The molecule has 0 amide bonds. The molecule has 1 aromatic carbocycles. The standard InChI is InChI=1S/C13H15ClFNS/c1-3-16-9(2)13(14,15)11-4-5-12-10(8-11)6-7-17-12/h4-9,16H,3H2,1-2H3. The number of hydrogen-bond donors (Lipinski definition) is 1. The molecule has 0 bridgehead atoms. The van der Waals surface area contributed by atoms with Crippen LogP contribution in [0, 0.1) is 0 Å². The molecule has 0 aliphatic carbocycles. The van der Waals surface area contributed by atoms with Crippen LogP contribution >= 0.6 is 22.9 Å². The fraction of sp³-hybridized carbons (Fsp3) is 0.385. The third-order valence-corrected chi connectivity index (χ3v) is 4.33. The Hall–Kier alpha value is -0.640. The van der Waals surface area contributed by atoms with Gasteiger partial charge in [-0.2, -0.15) is 0 Å². The van der Waals surface area contributed by atoms with E-state index in [0.29, 0.717) is 12.1 Å². The van der Waals surface area contributed by atoms with Crippen molar-refractivity contribution in [3.05, 3.63) is 35.2 Å². The summed E-state index contributed by atoms with van der Waals surface area (Å²) < 4.78 is 15.7. The van der Waals surface area contributed by atoms with Crippen LogP contribution in [0.5, 0.6) is 0 Å². The molecule has 1 N–H and O–H groups in total. The minimum atomic E-state index is -1.87. The average molecular weight is 272 g/mol. The van der Waals surface area contributed by atoms with Crippen molar-refractivity contribution in [2.45, 2.75) is 25.0 Å². The van der Waals surface area contributed by atoms with Gasteiger partial charge in [-0.25, -0.2) is 4.39 Å². The molecule has 0 aliphatic rings. The highest BCUT2D eigenvalue weighted by Crippen LogP contribution is 2.36. The van der Waals surface area contributed by atoms with Crippen LogP contribution in [0.1, 0.15) is 19.4 Å². The first-order valence-corrected chi connectivity index (χ1v) is 6.90. The van der Waals surface area contributed by atoms with Crippen LogP contribution in [-0.2, 0) is 5.13 Å². The maximum absolute atomic E-state index is 14.5. The Morgan fingerprint density at radius 1 is 1.47 bits per heavy atom. The molecule has 1 aromatic heterocycles. The summed E-state index contributed by atoms with van der Waals surface area (Å²) >= 11 is 7.68. The molecular weight excluding hydrogens is 257 g/mol. The molecule has 0 fully saturated rings. The highest BCUT2D eigenvalue weighted by atomic mass is 35.5. The third-order valence-electron chi connectivity index (χ3n) is 2.89. The van der Waals surface area contributed by atoms with E-state index in [1.807, 2.05) is 30.5 Å². The summed E-state index contributed by atoms with van der Waals surface area (Å²) in [6.45, 7) is 4.39. The van der Waals surface area contributed by atoms with Gasteiger partial charge < -0.3 is 5.32 Å². The zero-order valence-electron chi connectivity index (χ0n) is 9.84. The van der Waals surface area contributed by atoms with Gasteiger partial charge in [-0.05, 0) is 42.4 Å². The maximum Gasteiger partial charge on any atom is 0.223 e. The molecular formula is C13H15ClFNS. The van der Waals surface area contributed by atoms with E-state index in [1.165, 1.54) is 0 Å². The van der Waals surface area contributed by atoms with Crippen molar-refractivity contribution in [1.29, 1.82) is 0 Å². The normalized spacial score (nSPS) is 16.9. The first kappa shape index (κ1) is 12.8. The predicted octanol–water partition coefficient (Wildman–Crippen LogP) is 4.26. The van der Waals surface area contributed by atoms with E-state index >= 15 is 0 Å². The van der Waals surface area contributed by atoms with Gasteiger partial charge in [-0.3, -0.25) is 0 Å². The highest BCUT2D eigenvalue weighted by molar-refractivity contribution is 7.17. The number of nitrogens with one attached hydrogen (secondary N) is 1. The molecule has 0 spiro atoms. The summed E-state index contributed by atoms with van der Waals surface area (Å²) in [7, 11) is 0. The van der Waals surface area contributed by atoms with Gasteiger partial charge in [0.25, 0.3) is 0 Å². The third kappa shape index (κ3) is 2.46. The summed E-state index contributed by atoms with van der Waals surface area (Å²) in [4.78, 5) is 0. The molecule has 4 heteroatoms. The van der Waals surface area contributed by atoms with E-state index in [2.05, 4.69) is 5.32 Å². The summed E-state index contributed by atoms with van der Waals surface area (Å²) in [6.07, 6.45) is 0. The van der Waals surface area contributed by atoms with Gasteiger partial charge in [-0.15, -0.1) is 11.3 Å². The zero-order valence-corrected chi connectivity index (χ0v) is 11.4. The van der Waals surface area contributed by atoms with Crippen molar-refractivity contribution in [1.82, 2.24) is 5.32 Å². The molecule has 1 nitrogen and oxygen atoms in total. The SMILES string of the molecule is CCNC(C)C(F)(Cl)c1ccc2sccc2c1. The number of alkyl halides is 2. The van der Waals surface area contributed by atoms with Gasteiger partial charge in [0, 0.05) is 10.3 Å². The first-order chi connectivity index (χ1) is 8.05. The minimum absolute atomic E-state index is 0.426. The first-order valence-electron chi connectivity index (χ1n) is 5.64. The predicted molar refractivity (Wildman–Crippen MR) is 73.6 cm³/mol. The number of fused-ring (bicyclic) bond motifs is 1. The second kappa shape index (κ2) is 4.92. The van der Waals surface area contributed by atoms with Crippen LogP contribution in [0.2, 0.25) is 0 Å². The van der Waals surface area contributed by atoms with Gasteiger partial charge in [0.1, 0.15) is 0 Å². The van der Waals surface area contributed by atoms with Crippen molar-refractivity contribution in [3.63, 3.8) is 0 Å². The molecule has 92 valence electrons. The lowest BCUT2D eigenvalue weighted by molar-refractivity contribution is 0.216. The summed E-state index contributed by atoms with van der Waals surface area (Å²) in [6, 6.07) is 7.07. The lowest BCUT2D eigenvalue weighted by atomic mass is 10.0. The Morgan fingerprint density at radius 3 is 2.94 bits per heavy atom. The van der Waals surface area contributed by atoms with E-state index in [-0.39, 0.29) is 0 Å². The zero-order chi connectivity index (χ0) is 12.5. The largest absolute Gasteiger partial charge is 0.310 e. The number of likely N-dealkylation sites (N-methyl/N-ethyl adjacent to an activating group) is 1. The molecule has 2 unspecified atom stereocenters. The maximum atomic E-state index is 14.5. The van der Waals surface area contributed by atoms with Crippen molar-refractivity contribution >= 4 is 33.0 Å². The molecule has 0 saturated heterocycles. The molecule has 0 radical (unpaired) electrons. The molecule has 2 rings (SSSR count).